The molecular formula is C13H19IO2Si. The predicted molar refractivity (Wildman–Crippen MR) is 82.4 cm³/mol. The highest BCUT2D eigenvalue weighted by atomic mass is 127. The van der Waals surface area contributed by atoms with E-state index in [1.807, 2.05) is 18.2 Å². The van der Waals surface area contributed by atoms with Gasteiger partial charge in [0.15, 0.2) is 6.29 Å². The van der Waals surface area contributed by atoms with Gasteiger partial charge in [-0.3, -0.25) is 4.79 Å². The molecular weight excluding hydrogens is 343 g/mol. The number of rotatable bonds is 3. The molecule has 0 saturated heterocycles. The number of benzene rings is 1. The van der Waals surface area contributed by atoms with Crippen molar-refractivity contribution in [1.29, 1.82) is 0 Å². The largest absolute Gasteiger partial charge is 0.543 e. The third-order valence-electron chi connectivity index (χ3n) is 3.27. The summed E-state index contributed by atoms with van der Waals surface area (Å²) in [5.74, 6) is 0.715. The van der Waals surface area contributed by atoms with Crippen LogP contribution in [0.3, 0.4) is 0 Å². The lowest BCUT2D eigenvalue weighted by molar-refractivity contribution is 0.112. The van der Waals surface area contributed by atoms with Crippen LogP contribution in [-0.4, -0.2) is 14.6 Å². The standard InChI is InChI=1S/C13H19IO2Si/c1-13(2,3)17(4,5)16-12-7-6-11(14)8-10(12)9-15/h6-9H,1-5H3. The smallest absolute Gasteiger partial charge is 0.250 e. The Morgan fingerprint density at radius 1 is 1.29 bits per heavy atom. The second-order valence-electron chi connectivity index (χ2n) is 5.66. The van der Waals surface area contributed by atoms with E-state index in [4.69, 9.17) is 4.43 Å². The fraction of sp³-hybridized carbons (Fsp3) is 0.462. The Morgan fingerprint density at radius 3 is 2.35 bits per heavy atom. The van der Waals surface area contributed by atoms with Crippen molar-refractivity contribution in [1.82, 2.24) is 0 Å². The van der Waals surface area contributed by atoms with Gasteiger partial charge in [-0.25, -0.2) is 0 Å². The Labute approximate surface area is 118 Å². The van der Waals surface area contributed by atoms with Gasteiger partial charge >= 0.3 is 0 Å². The topological polar surface area (TPSA) is 26.3 Å². The molecule has 0 radical (unpaired) electrons. The van der Waals surface area contributed by atoms with Crippen LogP contribution in [0, 0.1) is 3.57 Å². The summed E-state index contributed by atoms with van der Waals surface area (Å²) in [5.41, 5.74) is 0.640. The van der Waals surface area contributed by atoms with Crippen molar-refractivity contribution in [2.75, 3.05) is 0 Å². The van der Waals surface area contributed by atoms with Gasteiger partial charge in [-0.2, -0.15) is 0 Å². The molecule has 0 spiro atoms. The lowest BCUT2D eigenvalue weighted by Crippen LogP contribution is -2.44. The molecule has 0 aliphatic rings. The van der Waals surface area contributed by atoms with Crippen molar-refractivity contribution >= 4 is 37.2 Å². The van der Waals surface area contributed by atoms with Crippen molar-refractivity contribution < 1.29 is 9.22 Å². The number of halogens is 1. The quantitative estimate of drug-likeness (QED) is 0.450. The third kappa shape index (κ3) is 3.55. The van der Waals surface area contributed by atoms with Crippen LogP contribution in [-0.2, 0) is 0 Å². The maximum Gasteiger partial charge on any atom is 0.250 e. The van der Waals surface area contributed by atoms with Crippen molar-refractivity contribution in [3.8, 4) is 5.75 Å². The first-order valence-corrected chi connectivity index (χ1v) is 9.60. The molecule has 0 saturated carbocycles. The van der Waals surface area contributed by atoms with Crippen LogP contribution in [0.1, 0.15) is 31.1 Å². The predicted octanol–water partition coefficient (Wildman–Crippen LogP) is 4.49. The second kappa shape index (κ2) is 5.10. The highest BCUT2D eigenvalue weighted by Gasteiger charge is 2.39. The van der Waals surface area contributed by atoms with Gasteiger partial charge in [0.05, 0.1) is 5.56 Å². The average molecular weight is 362 g/mol. The summed E-state index contributed by atoms with van der Waals surface area (Å²) in [6.45, 7) is 10.9. The fourth-order valence-electron chi connectivity index (χ4n) is 1.13. The molecule has 1 rings (SSSR count). The van der Waals surface area contributed by atoms with E-state index in [0.29, 0.717) is 11.3 Å². The van der Waals surface area contributed by atoms with Crippen LogP contribution in [0.15, 0.2) is 18.2 Å². The minimum atomic E-state index is -1.87. The number of aldehydes is 1. The molecule has 0 atom stereocenters. The van der Waals surface area contributed by atoms with Gasteiger partial charge in [-0.15, -0.1) is 0 Å². The van der Waals surface area contributed by atoms with Crippen LogP contribution in [0.2, 0.25) is 18.1 Å². The van der Waals surface area contributed by atoms with E-state index in [9.17, 15) is 4.79 Å². The normalized spacial score (nSPS) is 12.4. The number of carbonyl (C=O) groups excluding carboxylic acids is 1. The summed E-state index contributed by atoms with van der Waals surface area (Å²) in [7, 11) is -1.87. The Morgan fingerprint density at radius 2 is 1.88 bits per heavy atom. The zero-order chi connectivity index (χ0) is 13.3. The molecule has 2 nitrogen and oxygen atoms in total. The van der Waals surface area contributed by atoms with E-state index in [0.717, 1.165) is 9.86 Å². The number of carbonyl (C=O) groups is 1. The molecule has 0 aromatic heterocycles. The van der Waals surface area contributed by atoms with Gasteiger partial charge in [-0.1, -0.05) is 20.8 Å². The highest BCUT2D eigenvalue weighted by Crippen LogP contribution is 2.38. The summed E-state index contributed by atoms with van der Waals surface area (Å²) in [6, 6.07) is 5.72. The van der Waals surface area contributed by atoms with E-state index >= 15 is 0 Å². The van der Waals surface area contributed by atoms with Crippen molar-refractivity contribution in [2.45, 2.75) is 38.9 Å². The zero-order valence-electron chi connectivity index (χ0n) is 11.0. The zero-order valence-corrected chi connectivity index (χ0v) is 14.2. The first-order chi connectivity index (χ1) is 7.67. The van der Waals surface area contributed by atoms with E-state index < -0.39 is 8.32 Å². The van der Waals surface area contributed by atoms with Gasteiger partial charge in [0.25, 0.3) is 8.32 Å². The maximum absolute atomic E-state index is 11.0. The minimum Gasteiger partial charge on any atom is -0.543 e. The van der Waals surface area contributed by atoms with Crippen molar-refractivity contribution in [3.63, 3.8) is 0 Å². The van der Waals surface area contributed by atoms with Gasteiger partial charge in [-0.05, 0) is 58.9 Å². The van der Waals surface area contributed by atoms with Crippen LogP contribution < -0.4 is 4.43 Å². The van der Waals surface area contributed by atoms with Crippen LogP contribution in [0.4, 0.5) is 0 Å². The summed E-state index contributed by atoms with van der Waals surface area (Å²) in [5, 5.41) is 0.135. The van der Waals surface area contributed by atoms with Crippen molar-refractivity contribution in [2.24, 2.45) is 0 Å². The lowest BCUT2D eigenvalue weighted by atomic mass is 10.2. The minimum absolute atomic E-state index is 0.135. The molecule has 94 valence electrons. The molecule has 17 heavy (non-hydrogen) atoms. The fourth-order valence-corrected chi connectivity index (χ4v) is 2.69. The van der Waals surface area contributed by atoms with Gasteiger partial charge in [0, 0.05) is 3.57 Å². The molecule has 0 aliphatic carbocycles. The summed E-state index contributed by atoms with van der Waals surface area (Å²) in [4.78, 5) is 11.0. The molecule has 0 aliphatic heterocycles. The average Bonchev–Trinajstić information content (AvgIpc) is 2.18. The summed E-state index contributed by atoms with van der Waals surface area (Å²) in [6.07, 6.45) is 0.866. The monoisotopic (exact) mass is 362 g/mol. The van der Waals surface area contributed by atoms with Crippen LogP contribution >= 0.6 is 22.6 Å². The van der Waals surface area contributed by atoms with Crippen molar-refractivity contribution in [3.05, 3.63) is 27.3 Å². The van der Waals surface area contributed by atoms with E-state index in [2.05, 4.69) is 56.5 Å². The third-order valence-corrected chi connectivity index (χ3v) is 8.28. The molecule has 0 N–H and O–H groups in total. The van der Waals surface area contributed by atoms with Crippen LogP contribution in [0.5, 0.6) is 5.75 Å². The Balaban J connectivity index is 3.07. The Bertz CT molecular complexity index is 422. The van der Waals surface area contributed by atoms with E-state index in [1.54, 1.807) is 0 Å². The lowest BCUT2D eigenvalue weighted by Gasteiger charge is -2.36. The Hall–Kier alpha value is -0.363. The van der Waals surface area contributed by atoms with Crippen LogP contribution in [0.25, 0.3) is 0 Å². The summed E-state index contributed by atoms with van der Waals surface area (Å²) >= 11 is 2.20. The summed E-state index contributed by atoms with van der Waals surface area (Å²) < 4.78 is 7.20. The maximum atomic E-state index is 11.0. The SMILES string of the molecule is CC(C)(C)[Si](C)(C)Oc1ccc(I)cc1C=O. The molecule has 0 heterocycles. The highest BCUT2D eigenvalue weighted by molar-refractivity contribution is 14.1. The molecule has 0 amide bonds. The van der Waals surface area contributed by atoms with Gasteiger partial charge in [0.1, 0.15) is 5.75 Å². The molecule has 1 aromatic rings. The van der Waals surface area contributed by atoms with Gasteiger partial charge in [0.2, 0.25) is 0 Å². The first kappa shape index (κ1) is 14.7. The molecule has 0 unspecified atom stereocenters. The van der Waals surface area contributed by atoms with E-state index in [-0.39, 0.29) is 5.04 Å². The molecule has 0 bridgehead atoms. The van der Waals surface area contributed by atoms with E-state index in [1.165, 1.54) is 0 Å². The Kier molecular flexibility index (Phi) is 4.41. The van der Waals surface area contributed by atoms with Gasteiger partial charge < -0.3 is 4.43 Å². The molecule has 0 fully saturated rings. The number of hydrogen-bond donors (Lipinski definition) is 0. The second-order valence-corrected chi connectivity index (χ2v) is 11.6. The molecule has 1 aromatic carbocycles. The molecule has 4 heteroatoms. The number of hydrogen-bond acceptors (Lipinski definition) is 2. The first-order valence-electron chi connectivity index (χ1n) is 5.61.